The maximum Gasteiger partial charge on any atom is 0.336 e. The number of amides is 1. The summed E-state index contributed by atoms with van der Waals surface area (Å²) in [6, 6.07) is 8.37. The number of rotatable bonds is 4. The fourth-order valence-corrected chi connectivity index (χ4v) is 1.84. The van der Waals surface area contributed by atoms with Crippen LogP contribution < -0.4 is 10.9 Å². The van der Waals surface area contributed by atoms with E-state index in [2.05, 4.69) is 15.0 Å². The number of aromatic nitrogens is 1. The molecule has 0 aliphatic rings. The van der Waals surface area contributed by atoms with Crippen molar-refractivity contribution < 1.29 is 19.4 Å². The Kier molecular flexibility index (Phi) is 4.34. The van der Waals surface area contributed by atoms with Gasteiger partial charge < -0.3 is 20.1 Å². The van der Waals surface area contributed by atoms with Crippen LogP contribution in [0.25, 0.3) is 10.8 Å². The van der Waals surface area contributed by atoms with Gasteiger partial charge in [0, 0.05) is 5.39 Å². The van der Waals surface area contributed by atoms with E-state index in [9.17, 15) is 19.5 Å². The summed E-state index contributed by atoms with van der Waals surface area (Å²) < 4.78 is 4.33. The van der Waals surface area contributed by atoms with Gasteiger partial charge in [-0.05, 0) is 17.5 Å². The summed E-state index contributed by atoms with van der Waals surface area (Å²) in [5, 5.41) is 12.8. The van der Waals surface area contributed by atoms with E-state index >= 15 is 0 Å². The number of hydrogen-bond acceptors (Lipinski definition) is 5. The van der Waals surface area contributed by atoms with E-state index in [0.717, 1.165) is 7.11 Å². The number of ether oxygens (including phenoxy) is 1. The zero-order chi connectivity index (χ0) is 15.4. The van der Waals surface area contributed by atoms with Gasteiger partial charge in [-0.15, -0.1) is 0 Å². The van der Waals surface area contributed by atoms with Gasteiger partial charge in [-0.1, -0.05) is 18.2 Å². The van der Waals surface area contributed by atoms with Gasteiger partial charge in [-0.25, -0.2) is 4.79 Å². The van der Waals surface area contributed by atoms with Crippen molar-refractivity contribution in [2.45, 2.75) is 6.10 Å². The van der Waals surface area contributed by atoms with Crippen molar-refractivity contribution in [2.24, 2.45) is 0 Å². The lowest BCUT2D eigenvalue weighted by Crippen LogP contribution is -2.37. The smallest absolute Gasteiger partial charge is 0.336 e. The Bertz CT molecular complexity index is 737. The Hall–Kier alpha value is -2.67. The van der Waals surface area contributed by atoms with E-state index in [0.29, 0.717) is 10.8 Å². The molecule has 110 valence electrons. The van der Waals surface area contributed by atoms with Crippen LogP contribution in [-0.4, -0.2) is 41.7 Å². The van der Waals surface area contributed by atoms with Crippen LogP contribution in [0.4, 0.5) is 0 Å². The molecule has 1 atom stereocenters. The molecular formula is C14H14N2O5. The molecule has 0 bridgehead atoms. The number of carbonyl (C=O) groups excluding carboxylic acids is 2. The number of H-pyrrole nitrogens is 1. The van der Waals surface area contributed by atoms with Crippen molar-refractivity contribution in [3.8, 4) is 0 Å². The molecule has 7 nitrogen and oxygen atoms in total. The van der Waals surface area contributed by atoms with Crippen LogP contribution in [0.5, 0.6) is 0 Å². The van der Waals surface area contributed by atoms with Gasteiger partial charge in [-0.3, -0.25) is 9.59 Å². The van der Waals surface area contributed by atoms with E-state index < -0.39 is 18.0 Å². The minimum absolute atomic E-state index is 0.0516. The van der Waals surface area contributed by atoms with E-state index in [1.165, 1.54) is 6.07 Å². The fourth-order valence-electron chi connectivity index (χ4n) is 1.84. The number of aliphatic hydroxyl groups excluding tert-OH is 1. The Labute approximate surface area is 119 Å². The number of benzene rings is 1. The molecule has 0 fully saturated rings. The van der Waals surface area contributed by atoms with E-state index in [4.69, 9.17) is 0 Å². The normalized spacial score (nSPS) is 11.9. The second-order valence-corrected chi connectivity index (χ2v) is 4.35. The second-order valence-electron chi connectivity index (χ2n) is 4.35. The molecule has 1 aromatic heterocycles. The quantitative estimate of drug-likeness (QED) is 0.675. The van der Waals surface area contributed by atoms with E-state index in [1.807, 2.05) is 0 Å². The van der Waals surface area contributed by atoms with Crippen LogP contribution >= 0.6 is 0 Å². The number of nitrogens with one attached hydrogen (secondary N) is 2. The van der Waals surface area contributed by atoms with Crippen molar-refractivity contribution in [1.82, 2.24) is 10.3 Å². The number of esters is 1. The number of aromatic amines is 1. The molecule has 0 aliphatic heterocycles. The molecule has 7 heteroatoms. The molecule has 0 radical (unpaired) electrons. The standard InChI is InChI=1S/C14H14N2O5/c1-21-14(20)11(17)7-15-13(19)10-6-8-4-2-3-5-9(8)12(18)16-10/h2-6,11,17H,7H2,1H3,(H,15,19)(H,16,18). The molecule has 0 saturated carbocycles. The zero-order valence-corrected chi connectivity index (χ0v) is 11.3. The molecule has 0 aliphatic carbocycles. The third kappa shape index (κ3) is 3.26. The summed E-state index contributed by atoms with van der Waals surface area (Å²) in [6.45, 7) is -0.305. The van der Waals surface area contributed by atoms with Crippen molar-refractivity contribution in [3.63, 3.8) is 0 Å². The summed E-state index contributed by atoms with van der Waals surface area (Å²) in [5.41, 5.74) is -0.331. The molecule has 21 heavy (non-hydrogen) atoms. The first-order valence-corrected chi connectivity index (χ1v) is 6.19. The minimum atomic E-state index is -1.45. The highest BCUT2D eigenvalue weighted by molar-refractivity contribution is 5.96. The van der Waals surface area contributed by atoms with Gasteiger partial charge in [0.1, 0.15) is 5.69 Å². The molecule has 1 heterocycles. The first-order chi connectivity index (χ1) is 10.0. The maximum absolute atomic E-state index is 11.9. The lowest BCUT2D eigenvalue weighted by atomic mass is 10.1. The van der Waals surface area contributed by atoms with Gasteiger partial charge in [0.25, 0.3) is 11.5 Å². The molecule has 0 spiro atoms. The van der Waals surface area contributed by atoms with Gasteiger partial charge >= 0.3 is 5.97 Å². The predicted octanol–water partition coefficient (Wildman–Crippen LogP) is -0.208. The summed E-state index contributed by atoms with van der Waals surface area (Å²) >= 11 is 0. The van der Waals surface area contributed by atoms with Crippen molar-refractivity contribution in [1.29, 1.82) is 0 Å². The highest BCUT2D eigenvalue weighted by Gasteiger charge is 2.17. The van der Waals surface area contributed by atoms with E-state index in [-0.39, 0.29) is 17.8 Å². The number of methoxy groups -OCH3 is 1. The SMILES string of the molecule is COC(=O)C(O)CNC(=O)c1cc2ccccc2c(=O)[nH]1. The van der Waals surface area contributed by atoms with Crippen LogP contribution in [-0.2, 0) is 9.53 Å². The summed E-state index contributed by atoms with van der Waals surface area (Å²) in [5.74, 6) is -1.44. The summed E-state index contributed by atoms with van der Waals surface area (Å²) in [4.78, 5) is 37.2. The van der Waals surface area contributed by atoms with Crippen LogP contribution in [0.15, 0.2) is 35.1 Å². The zero-order valence-electron chi connectivity index (χ0n) is 11.3. The van der Waals surface area contributed by atoms with Gasteiger partial charge in [0.2, 0.25) is 0 Å². The Morgan fingerprint density at radius 3 is 2.81 bits per heavy atom. The Morgan fingerprint density at radius 1 is 1.38 bits per heavy atom. The highest BCUT2D eigenvalue weighted by Crippen LogP contribution is 2.09. The van der Waals surface area contributed by atoms with Crippen molar-refractivity contribution >= 4 is 22.6 Å². The van der Waals surface area contributed by atoms with Crippen molar-refractivity contribution in [2.75, 3.05) is 13.7 Å². The predicted molar refractivity (Wildman–Crippen MR) is 74.9 cm³/mol. The lowest BCUT2D eigenvalue weighted by molar-refractivity contribution is -0.149. The monoisotopic (exact) mass is 290 g/mol. The van der Waals surface area contributed by atoms with Crippen molar-refractivity contribution in [3.05, 3.63) is 46.4 Å². The molecule has 0 saturated heterocycles. The number of aliphatic hydroxyl groups is 1. The van der Waals surface area contributed by atoms with Crippen LogP contribution in [0.1, 0.15) is 10.5 Å². The van der Waals surface area contributed by atoms with Crippen LogP contribution in [0.3, 0.4) is 0 Å². The average molecular weight is 290 g/mol. The van der Waals surface area contributed by atoms with Crippen LogP contribution in [0.2, 0.25) is 0 Å². The number of pyridine rings is 1. The number of fused-ring (bicyclic) bond motifs is 1. The molecule has 2 rings (SSSR count). The molecule has 3 N–H and O–H groups in total. The molecule has 1 amide bonds. The number of carbonyl (C=O) groups is 2. The first-order valence-electron chi connectivity index (χ1n) is 6.19. The Morgan fingerprint density at radius 2 is 2.10 bits per heavy atom. The van der Waals surface area contributed by atoms with Gasteiger partial charge in [0.15, 0.2) is 6.10 Å². The lowest BCUT2D eigenvalue weighted by Gasteiger charge is -2.10. The minimum Gasteiger partial charge on any atom is -0.467 e. The summed E-state index contributed by atoms with van der Waals surface area (Å²) in [6.07, 6.45) is -1.45. The summed E-state index contributed by atoms with van der Waals surface area (Å²) in [7, 11) is 1.13. The third-order valence-electron chi connectivity index (χ3n) is 2.93. The second kappa shape index (κ2) is 6.19. The molecule has 1 unspecified atom stereocenters. The first kappa shape index (κ1) is 14.7. The highest BCUT2D eigenvalue weighted by atomic mass is 16.5. The third-order valence-corrected chi connectivity index (χ3v) is 2.93. The number of hydrogen-bond donors (Lipinski definition) is 3. The van der Waals surface area contributed by atoms with Gasteiger partial charge in [0.05, 0.1) is 13.7 Å². The maximum atomic E-state index is 11.9. The largest absolute Gasteiger partial charge is 0.467 e. The van der Waals surface area contributed by atoms with Gasteiger partial charge in [-0.2, -0.15) is 0 Å². The molecule has 2 aromatic rings. The average Bonchev–Trinajstić information content (AvgIpc) is 2.51. The van der Waals surface area contributed by atoms with E-state index in [1.54, 1.807) is 24.3 Å². The topological polar surface area (TPSA) is 108 Å². The fraction of sp³-hybridized carbons (Fsp3) is 0.214. The Balaban J connectivity index is 2.17. The van der Waals surface area contributed by atoms with Crippen LogP contribution in [0, 0.1) is 0 Å². The molecular weight excluding hydrogens is 276 g/mol. The molecule has 1 aromatic carbocycles.